The highest BCUT2D eigenvalue weighted by Gasteiger charge is 2.35. The fourth-order valence-electron chi connectivity index (χ4n) is 2.78. The molecule has 0 saturated carbocycles. The summed E-state index contributed by atoms with van der Waals surface area (Å²) < 4.78 is 0. The molecule has 3 nitrogen and oxygen atoms in total. The number of hydrogen-bond donors (Lipinski definition) is 1. The molecule has 2 atom stereocenters. The third-order valence-electron chi connectivity index (χ3n) is 3.73. The number of aromatic nitrogens is 1. The van der Waals surface area contributed by atoms with Crippen molar-refractivity contribution in [1.82, 2.24) is 10.3 Å². The van der Waals surface area contributed by atoms with Crippen LogP contribution in [-0.4, -0.2) is 30.7 Å². The van der Waals surface area contributed by atoms with E-state index in [-0.39, 0.29) is 0 Å². The predicted octanol–water partition coefficient (Wildman–Crippen LogP) is 1.84. The highest BCUT2D eigenvalue weighted by molar-refractivity contribution is 6.30. The Morgan fingerprint density at radius 3 is 3.12 bits per heavy atom. The maximum absolute atomic E-state index is 5.94. The van der Waals surface area contributed by atoms with Gasteiger partial charge in [-0.05, 0) is 37.4 Å². The molecule has 0 aliphatic carbocycles. The summed E-state index contributed by atoms with van der Waals surface area (Å²) in [4.78, 5) is 6.64. The predicted molar refractivity (Wildman–Crippen MR) is 66.1 cm³/mol. The Morgan fingerprint density at radius 2 is 2.38 bits per heavy atom. The van der Waals surface area contributed by atoms with Crippen LogP contribution in [0.2, 0.25) is 5.15 Å². The van der Waals surface area contributed by atoms with Crippen molar-refractivity contribution in [2.75, 3.05) is 24.5 Å². The standard InChI is InChI=1S/C12H16ClN3/c1-8-4-10(5-15-12(8)13)16-6-9-2-3-14-11(9)7-16/h4-5,9,11,14H,2-3,6-7H2,1H3/t9-,11-/m0/s1. The Morgan fingerprint density at radius 1 is 1.50 bits per heavy atom. The zero-order chi connectivity index (χ0) is 11.1. The number of nitrogens with one attached hydrogen (secondary N) is 1. The summed E-state index contributed by atoms with van der Waals surface area (Å²) in [6, 6.07) is 2.81. The summed E-state index contributed by atoms with van der Waals surface area (Å²) >= 11 is 5.94. The molecular weight excluding hydrogens is 222 g/mol. The van der Waals surface area contributed by atoms with Gasteiger partial charge < -0.3 is 10.2 Å². The molecule has 3 rings (SSSR count). The molecule has 0 amide bonds. The molecule has 3 heterocycles. The number of pyridine rings is 1. The Bertz CT molecular complexity index is 395. The van der Waals surface area contributed by atoms with Crippen LogP contribution < -0.4 is 10.2 Å². The smallest absolute Gasteiger partial charge is 0.132 e. The van der Waals surface area contributed by atoms with Crippen molar-refractivity contribution in [2.45, 2.75) is 19.4 Å². The molecule has 2 aliphatic heterocycles. The molecule has 0 radical (unpaired) electrons. The van der Waals surface area contributed by atoms with Crippen LogP contribution in [-0.2, 0) is 0 Å². The minimum absolute atomic E-state index is 0.612. The first-order valence-corrected chi connectivity index (χ1v) is 6.22. The number of halogens is 1. The van der Waals surface area contributed by atoms with E-state index in [1.807, 2.05) is 13.1 Å². The van der Waals surface area contributed by atoms with Gasteiger partial charge in [0, 0.05) is 19.1 Å². The van der Waals surface area contributed by atoms with Gasteiger partial charge >= 0.3 is 0 Å². The van der Waals surface area contributed by atoms with Gasteiger partial charge in [-0.1, -0.05) is 11.6 Å². The van der Waals surface area contributed by atoms with E-state index >= 15 is 0 Å². The molecule has 2 fully saturated rings. The molecular formula is C12H16ClN3. The summed E-state index contributed by atoms with van der Waals surface area (Å²) in [5, 5.41) is 4.17. The first-order chi connectivity index (χ1) is 7.74. The van der Waals surface area contributed by atoms with E-state index in [2.05, 4.69) is 21.3 Å². The van der Waals surface area contributed by atoms with Crippen LogP contribution in [0.1, 0.15) is 12.0 Å². The molecule has 0 unspecified atom stereocenters. The van der Waals surface area contributed by atoms with Crippen LogP contribution >= 0.6 is 11.6 Å². The van der Waals surface area contributed by atoms with Gasteiger partial charge in [-0.25, -0.2) is 4.98 Å². The average molecular weight is 238 g/mol. The van der Waals surface area contributed by atoms with Gasteiger partial charge in [-0.2, -0.15) is 0 Å². The van der Waals surface area contributed by atoms with Gasteiger partial charge in [0.15, 0.2) is 0 Å². The van der Waals surface area contributed by atoms with Crippen molar-refractivity contribution in [1.29, 1.82) is 0 Å². The molecule has 86 valence electrons. The number of rotatable bonds is 1. The van der Waals surface area contributed by atoms with Gasteiger partial charge in [0.05, 0.1) is 11.9 Å². The summed E-state index contributed by atoms with van der Waals surface area (Å²) in [5.41, 5.74) is 2.27. The van der Waals surface area contributed by atoms with E-state index in [0.29, 0.717) is 11.2 Å². The first kappa shape index (κ1) is 10.4. The quantitative estimate of drug-likeness (QED) is 0.756. The van der Waals surface area contributed by atoms with Crippen molar-refractivity contribution < 1.29 is 0 Å². The van der Waals surface area contributed by atoms with Gasteiger partial charge in [-0.3, -0.25) is 0 Å². The van der Waals surface area contributed by atoms with E-state index in [4.69, 9.17) is 11.6 Å². The molecule has 16 heavy (non-hydrogen) atoms. The third kappa shape index (κ3) is 1.68. The lowest BCUT2D eigenvalue weighted by atomic mass is 10.1. The van der Waals surface area contributed by atoms with E-state index in [9.17, 15) is 0 Å². The summed E-state index contributed by atoms with van der Waals surface area (Å²) in [7, 11) is 0. The van der Waals surface area contributed by atoms with Crippen LogP contribution in [0, 0.1) is 12.8 Å². The zero-order valence-corrected chi connectivity index (χ0v) is 10.2. The molecule has 4 heteroatoms. The second-order valence-corrected chi connectivity index (χ2v) is 5.17. The van der Waals surface area contributed by atoms with Crippen molar-refractivity contribution in [3.63, 3.8) is 0 Å². The number of fused-ring (bicyclic) bond motifs is 1. The van der Waals surface area contributed by atoms with E-state index in [0.717, 1.165) is 24.6 Å². The Labute approximate surface area is 101 Å². The Kier molecular flexibility index (Phi) is 2.52. The molecule has 0 aromatic carbocycles. The van der Waals surface area contributed by atoms with Crippen molar-refractivity contribution in [3.8, 4) is 0 Å². The number of anilines is 1. The van der Waals surface area contributed by atoms with Gasteiger partial charge in [0.1, 0.15) is 5.15 Å². The Balaban J connectivity index is 1.81. The lowest BCUT2D eigenvalue weighted by molar-refractivity contribution is 0.556. The fraction of sp³-hybridized carbons (Fsp3) is 0.583. The van der Waals surface area contributed by atoms with Crippen molar-refractivity contribution in [3.05, 3.63) is 23.0 Å². The van der Waals surface area contributed by atoms with Gasteiger partial charge in [0.2, 0.25) is 0 Å². The van der Waals surface area contributed by atoms with Crippen LogP contribution in [0.25, 0.3) is 0 Å². The Hall–Kier alpha value is -0.800. The maximum Gasteiger partial charge on any atom is 0.132 e. The summed E-state index contributed by atoms with van der Waals surface area (Å²) in [6.45, 7) is 5.45. The first-order valence-electron chi connectivity index (χ1n) is 5.84. The summed E-state index contributed by atoms with van der Waals surface area (Å²) in [6.07, 6.45) is 3.19. The molecule has 0 bridgehead atoms. The SMILES string of the molecule is Cc1cc(N2C[C@@H]3CCN[C@H]3C2)cnc1Cl. The second-order valence-electron chi connectivity index (χ2n) is 4.82. The van der Waals surface area contributed by atoms with E-state index in [1.54, 1.807) is 0 Å². The second kappa shape index (κ2) is 3.90. The maximum atomic E-state index is 5.94. The number of hydrogen-bond acceptors (Lipinski definition) is 3. The third-order valence-corrected chi connectivity index (χ3v) is 4.12. The number of aryl methyl sites for hydroxylation is 1. The molecule has 1 aromatic heterocycles. The lowest BCUT2D eigenvalue weighted by Crippen LogP contribution is -2.30. The van der Waals surface area contributed by atoms with E-state index < -0.39 is 0 Å². The summed E-state index contributed by atoms with van der Waals surface area (Å²) in [5.74, 6) is 0.816. The van der Waals surface area contributed by atoms with Gasteiger partial charge in [0.25, 0.3) is 0 Å². The highest BCUT2D eigenvalue weighted by Crippen LogP contribution is 2.29. The number of nitrogens with zero attached hydrogens (tertiary/aromatic N) is 2. The van der Waals surface area contributed by atoms with Crippen LogP contribution in [0.15, 0.2) is 12.3 Å². The van der Waals surface area contributed by atoms with Crippen LogP contribution in [0.4, 0.5) is 5.69 Å². The average Bonchev–Trinajstić information content (AvgIpc) is 2.81. The molecule has 2 aliphatic rings. The molecule has 1 aromatic rings. The van der Waals surface area contributed by atoms with Crippen LogP contribution in [0.5, 0.6) is 0 Å². The molecule has 0 spiro atoms. The minimum atomic E-state index is 0.612. The fourth-order valence-corrected chi connectivity index (χ4v) is 2.88. The molecule has 1 N–H and O–H groups in total. The largest absolute Gasteiger partial charge is 0.368 e. The van der Waals surface area contributed by atoms with E-state index in [1.165, 1.54) is 18.7 Å². The van der Waals surface area contributed by atoms with Crippen molar-refractivity contribution >= 4 is 17.3 Å². The topological polar surface area (TPSA) is 28.2 Å². The van der Waals surface area contributed by atoms with Crippen molar-refractivity contribution in [2.24, 2.45) is 5.92 Å². The van der Waals surface area contributed by atoms with Crippen LogP contribution in [0.3, 0.4) is 0 Å². The highest BCUT2D eigenvalue weighted by atomic mass is 35.5. The monoisotopic (exact) mass is 237 g/mol. The zero-order valence-electron chi connectivity index (χ0n) is 9.41. The minimum Gasteiger partial charge on any atom is -0.368 e. The normalized spacial score (nSPS) is 28.5. The molecule has 2 saturated heterocycles. The lowest BCUT2D eigenvalue weighted by Gasteiger charge is -2.19. The van der Waals surface area contributed by atoms with Gasteiger partial charge in [-0.15, -0.1) is 0 Å².